The van der Waals surface area contributed by atoms with E-state index in [0.29, 0.717) is 17.6 Å². The summed E-state index contributed by atoms with van der Waals surface area (Å²) in [6.45, 7) is 5.56. The number of hydrogen-bond acceptors (Lipinski definition) is 5. The molecule has 2 aromatic rings. The zero-order valence-corrected chi connectivity index (χ0v) is 12.0. The van der Waals surface area contributed by atoms with Gasteiger partial charge in [-0.15, -0.1) is 0 Å². The number of aromatic nitrogens is 3. The van der Waals surface area contributed by atoms with E-state index >= 15 is 0 Å². The molecule has 1 heterocycles. The standard InChI is InChI=1S/C13H15ClFN5/c1-3-20(4-2)13-18-11(14)17-12(19-13)16-10-7-5-9(15)6-8-10/h5-8H,3-4H2,1-2H3,(H,16,17,18,19). The molecular weight excluding hydrogens is 281 g/mol. The molecule has 0 saturated heterocycles. The Balaban J connectivity index is 2.25. The van der Waals surface area contributed by atoms with E-state index in [9.17, 15) is 4.39 Å². The first-order valence-electron chi connectivity index (χ1n) is 6.31. The summed E-state index contributed by atoms with van der Waals surface area (Å²) in [4.78, 5) is 14.4. The fraction of sp³-hybridized carbons (Fsp3) is 0.308. The van der Waals surface area contributed by atoms with E-state index in [2.05, 4.69) is 20.3 Å². The Labute approximate surface area is 121 Å². The van der Waals surface area contributed by atoms with Gasteiger partial charge < -0.3 is 10.2 Å². The van der Waals surface area contributed by atoms with Crippen molar-refractivity contribution in [3.05, 3.63) is 35.4 Å². The topological polar surface area (TPSA) is 53.9 Å². The van der Waals surface area contributed by atoms with Crippen molar-refractivity contribution in [1.82, 2.24) is 15.0 Å². The van der Waals surface area contributed by atoms with Crippen LogP contribution in [0.25, 0.3) is 0 Å². The largest absolute Gasteiger partial charge is 0.341 e. The quantitative estimate of drug-likeness (QED) is 0.917. The first-order valence-corrected chi connectivity index (χ1v) is 6.69. The molecule has 0 saturated carbocycles. The van der Waals surface area contributed by atoms with Gasteiger partial charge in [0, 0.05) is 18.8 Å². The van der Waals surface area contributed by atoms with Gasteiger partial charge in [-0.2, -0.15) is 15.0 Å². The van der Waals surface area contributed by atoms with Crippen LogP contribution in [0.1, 0.15) is 13.8 Å². The van der Waals surface area contributed by atoms with Crippen LogP contribution in [-0.4, -0.2) is 28.0 Å². The molecule has 0 spiro atoms. The lowest BCUT2D eigenvalue weighted by Crippen LogP contribution is -2.24. The SMILES string of the molecule is CCN(CC)c1nc(Cl)nc(Nc2ccc(F)cc2)n1. The van der Waals surface area contributed by atoms with Crippen LogP contribution in [0.2, 0.25) is 5.28 Å². The first kappa shape index (κ1) is 14.5. The molecule has 1 N–H and O–H groups in total. The van der Waals surface area contributed by atoms with Gasteiger partial charge in [-0.3, -0.25) is 0 Å². The van der Waals surface area contributed by atoms with E-state index in [4.69, 9.17) is 11.6 Å². The molecule has 7 heteroatoms. The predicted molar refractivity (Wildman–Crippen MR) is 78.1 cm³/mol. The summed E-state index contributed by atoms with van der Waals surface area (Å²) < 4.78 is 12.9. The summed E-state index contributed by atoms with van der Waals surface area (Å²) in [7, 11) is 0. The van der Waals surface area contributed by atoms with Gasteiger partial charge in [-0.05, 0) is 49.7 Å². The number of nitrogens with zero attached hydrogens (tertiary/aromatic N) is 4. The average molecular weight is 296 g/mol. The lowest BCUT2D eigenvalue weighted by Gasteiger charge is -2.18. The van der Waals surface area contributed by atoms with Gasteiger partial charge in [0.05, 0.1) is 0 Å². The minimum Gasteiger partial charge on any atom is -0.341 e. The highest BCUT2D eigenvalue weighted by Gasteiger charge is 2.10. The molecule has 0 fully saturated rings. The van der Waals surface area contributed by atoms with Crippen LogP contribution < -0.4 is 10.2 Å². The Morgan fingerprint density at radius 2 is 1.75 bits per heavy atom. The van der Waals surface area contributed by atoms with Gasteiger partial charge in [-0.25, -0.2) is 4.39 Å². The number of hydrogen-bond donors (Lipinski definition) is 1. The van der Waals surface area contributed by atoms with Gasteiger partial charge in [0.1, 0.15) is 5.82 Å². The normalized spacial score (nSPS) is 10.4. The van der Waals surface area contributed by atoms with Crippen LogP contribution >= 0.6 is 11.6 Å². The van der Waals surface area contributed by atoms with Crippen LogP contribution in [-0.2, 0) is 0 Å². The summed E-state index contributed by atoms with van der Waals surface area (Å²) in [5.74, 6) is 0.547. The fourth-order valence-electron chi connectivity index (χ4n) is 1.71. The van der Waals surface area contributed by atoms with E-state index in [1.807, 2.05) is 18.7 Å². The second-order valence-electron chi connectivity index (χ2n) is 4.03. The van der Waals surface area contributed by atoms with Crippen molar-refractivity contribution in [2.75, 3.05) is 23.3 Å². The van der Waals surface area contributed by atoms with Crippen molar-refractivity contribution in [2.24, 2.45) is 0 Å². The number of halogens is 2. The number of nitrogens with one attached hydrogen (secondary N) is 1. The average Bonchev–Trinajstić information content (AvgIpc) is 2.42. The molecule has 0 aliphatic rings. The van der Waals surface area contributed by atoms with Gasteiger partial charge in [0.25, 0.3) is 0 Å². The molecule has 106 valence electrons. The highest BCUT2D eigenvalue weighted by molar-refractivity contribution is 6.28. The molecule has 0 bridgehead atoms. The van der Waals surface area contributed by atoms with Crippen molar-refractivity contribution in [3.63, 3.8) is 0 Å². The smallest absolute Gasteiger partial charge is 0.233 e. The molecule has 0 radical (unpaired) electrons. The highest BCUT2D eigenvalue weighted by Crippen LogP contribution is 2.18. The van der Waals surface area contributed by atoms with Gasteiger partial charge in [0.15, 0.2) is 0 Å². The summed E-state index contributed by atoms with van der Waals surface area (Å²) in [5, 5.41) is 3.09. The van der Waals surface area contributed by atoms with Crippen molar-refractivity contribution < 1.29 is 4.39 Å². The van der Waals surface area contributed by atoms with Crippen LogP contribution in [0.15, 0.2) is 24.3 Å². The zero-order valence-electron chi connectivity index (χ0n) is 11.3. The van der Waals surface area contributed by atoms with E-state index in [-0.39, 0.29) is 11.1 Å². The Bertz CT molecular complexity index is 571. The summed E-state index contributed by atoms with van der Waals surface area (Å²) >= 11 is 5.91. The predicted octanol–water partition coefficient (Wildman–Crippen LogP) is 3.25. The minimum atomic E-state index is -0.298. The van der Waals surface area contributed by atoms with Crippen molar-refractivity contribution >= 4 is 29.2 Å². The van der Waals surface area contributed by atoms with Gasteiger partial charge in [-0.1, -0.05) is 0 Å². The lowest BCUT2D eigenvalue weighted by atomic mass is 10.3. The molecule has 2 rings (SSSR count). The van der Waals surface area contributed by atoms with Crippen LogP contribution in [0, 0.1) is 5.82 Å². The molecule has 1 aromatic heterocycles. The third kappa shape index (κ3) is 3.54. The molecular formula is C13H15ClFN5. The summed E-state index contributed by atoms with van der Waals surface area (Å²) in [6, 6.07) is 5.92. The third-order valence-corrected chi connectivity index (χ3v) is 2.91. The first-order chi connectivity index (χ1) is 9.62. The second-order valence-corrected chi connectivity index (χ2v) is 4.37. The van der Waals surface area contributed by atoms with Crippen molar-refractivity contribution in [2.45, 2.75) is 13.8 Å². The van der Waals surface area contributed by atoms with E-state index in [1.165, 1.54) is 12.1 Å². The van der Waals surface area contributed by atoms with Crippen LogP contribution in [0.4, 0.5) is 22.0 Å². The summed E-state index contributed by atoms with van der Waals surface area (Å²) in [6.07, 6.45) is 0. The number of rotatable bonds is 5. The lowest BCUT2D eigenvalue weighted by molar-refractivity contribution is 0.628. The van der Waals surface area contributed by atoms with Gasteiger partial charge >= 0.3 is 0 Å². The Hall–Kier alpha value is -1.95. The molecule has 0 atom stereocenters. The Morgan fingerprint density at radius 3 is 2.35 bits per heavy atom. The highest BCUT2D eigenvalue weighted by atomic mass is 35.5. The van der Waals surface area contributed by atoms with Crippen molar-refractivity contribution in [1.29, 1.82) is 0 Å². The maximum Gasteiger partial charge on any atom is 0.233 e. The molecule has 0 aliphatic carbocycles. The number of benzene rings is 1. The van der Waals surface area contributed by atoms with Crippen LogP contribution in [0.5, 0.6) is 0 Å². The van der Waals surface area contributed by atoms with E-state index in [1.54, 1.807) is 12.1 Å². The third-order valence-electron chi connectivity index (χ3n) is 2.74. The van der Waals surface area contributed by atoms with Crippen molar-refractivity contribution in [3.8, 4) is 0 Å². The molecule has 1 aromatic carbocycles. The molecule has 0 aliphatic heterocycles. The zero-order chi connectivity index (χ0) is 14.5. The minimum absolute atomic E-state index is 0.117. The second kappa shape index (κ2) is 6.47. The molecule has 0 amide bonds. The van der Waals surface area contributed by atoms with Crippen LogP contribution in [0.3, 0.4) is 0 Å². The number of anilines is 3. The molecule has 5 nitrogen and oxygen atoms in total. The Morgan fingerprint density at radius 1 is 1.10 bits per heavy atom. The molecule has 0 unspecified atom stereocenters. The molecule has 20 heavy (non-hydrogen) atoms. The Kier molecular flexibility index (Phi) is 4.68. The maximum atomic E-state index is 12.9. The monoisotopic (exact) mass is 295 g/mol. The fourth-order valence-corrected chi connectivity index (χ4v) is 1.86. The van der Waals surface area contributed by atoms with E-state index in [0.717, 1.165) is 13.1 Å². The maximum absolute atomic E-state index is 12.9. The van der Waals surface area contributed by atoms with Gasteiger partial charge in [0.2, 0.25) is 17.2 Å². The summed E-state index contributed by atoms with van der Waals surface area (Å²) in [5.41, 5.74) is 0.680. The van der Waals surface area contributed by atoms with E-state index < -0.39 is 0 Å².